The van der Waals surface area contributed by atoms with Crippen LogP contribution in [-0.2, 0) is 10.0 Å². The highest BCUT2D eigenvalue weighted by Gasteiger charge is 2.28. The molecule has 1 unspecified atom stereocenters. The van der Waals surface area contributed by atoms with E-state index in [0.717, 1.165) is 18.2 Å². The van der Waals surface area contributed by atoms with E-state index in [1.165, 1.54) is 6.92 Å². The second-order valence-corrected chi connectivity index (χ2v) is 7.05. The van der Waals surface area contributed by atoms with Crippen molar-refractivity contribution in [2.45, 2.75) is 31.3 Å². The molecule has 2 N–H and O–H groups in total. The Morgan fingerprint density at radius 2 is 2.05 bits per heavy atom. The lowest BCUT2D eigenvalue weighted by Crippen LogP contribution is -2.44. The van der Waals surface area contributed by atoms with E-state index in [0.29, 0.717) is 0 Å². The Morgan fingerprint density at radius 3 is 2.53 bits per heavy atom. The van der Waals surface area contributed by atoms with Crippen LogP contribution in [0.2, 0.25) is 5.02 Å². The molecule has 1 atom stereocenters. The predicted octanol–water partition coefficient (Wildman–Crippen LogP) is 2.16. The lowest BCUT2D eigenvalue weighted by Gasteiger charge is -2.27. The van der Waals surface area contributed by atoms with Gasteiger partial charge in [0.1, 0.15) is 10.7 Å². The fraction of sp³-hybridized carbons (Fsp3) is 0.500. The summed E-state index contributed by atoms with van der Waals surface area (Å²) in [5.74, 6) is -0.739. The first-order chi connectivity index (χ1) is 8.56. The second-order valence-electron chi connectivity index (χ2n) is 4.91. The molecule has 1 aromatic carbocycles. The van der Waals surface area contributed by atoms with Gasteiger partial charge in [-0.15, -0.1) is 0 Å². The summed E-state index contributed by atoms with van der Waals surface area (Å²) in [6.07, 6.45) is 0. The van der Waals surface area contributed by atoms with Gasteiger partial charge in [-0.25, -0.2) is 17.5 Å². The zero-order valence-electron chi connectivity index (χ0n) is 10.9. The van der Waals surface area contributed by atoms with E-state index in [1.54, 1.807) is 13.8 Å². The third-order valence-electron chi connectivity index (χ3n) is 3.05. The maximum atomic E-state index is 12.9. The number of hydrogen-bond donors (Lipinski definition) is 2. The van der Waals surface area contributed by atoms with E-state index < -0.39 is 21.4 Å². The molecule has 0 bridgehead atoms. The van der Waals surface area contributed by atoms with Crippen LogP contribution in [-0.4, -0.2) is 25.7 Å². The smallest absolute Gasteiger partial charge is 0.242 e. The van der Waals surface area contributed by atoms with Gasteiger partial charge in [-0.3, -0.25) is 0 Å². The Balaban J connectivity index is 2.94. The molecule has 0 saturated heterocycles. The van der Waals surface area contributed by atoms with E-state index in [9.17, 15) is 17.9 Å². The molecule has 0 aliphatic heterocycles. The number of aliphatic hydroxyl groups is 1. The summed E-state index contributed by atoms with van der Waals surface area (Å²) < 4.78 is 39.2. The van der Waals surface area contributed by atoms with Gasteiger partial charge in [-0.2, -0.15) is 0 Å². The van der Waals surface area contributed by atoms with E-state index >= 15 is 0 Å². The van der Waals surface area contributed by atoms with Crippen LogP contribution >= 0.6 is 11.6 Å². The molecule has 0 heterocycles. The van der Waals surface area contributed by atoms with Crippen LogP contribution in [0.25, 0.3) is 0 Å². The summed E-state index contributed by atoms with van der Waals surface area (Å²) in [4.78, 5) is -0.213. The van der Waals surface area contributed by atoms with Gasteiger partial charge in [0.05, 0.1) is 10.6 Å². The normalized spacial score (nSPS) is 15.5. The summed E-state index contributed by atoms with van der Waals surface area (Å²) in [5.41, 5.74) is -1.18. The minimum atomic E-state index is -3.88. The van der Waals surface area contributed by atoms with Crippen molar-refractivity contribution in [1.29, 1.82) is 0 Å². The zero-order valence-corrected chi connectivity index (χ0v) is 12.5. The van der Waals surface area contributed by atoms with Crippen molar-refractivity contribution in [3.05, 3.63) is 29.0 Å². The van der Waals surface area contributed by atoms with Gasteiger partial charge in [0.2, 0.25) is 10.0 Å². The summed E-state index contributed by atoms with van der Waals surface area (Å²) in [7, 11) is -3.88. The average molecular weight is 310 g/mol. The van der Waals surface area contributed by atoms with Crippen LogP contribution in [0.15, 0.2) is 23.1 Å². The van der Waals surface area contributed by atoms with Crippen molar-refractivity contribution in [3.63, 3.8) is 0 Å². The van der Waals surface area contributed by atoms with Crippen LogP contribution in [0.5, 0.6) is 0 Å². The van der Waals surface area contributed by atoms with Gasteiger partial charge in [0, 0.05) is 6.54 Å². The zero-order chi connectivity index (χ0) is 14.8. The molecule has 0 spiro atoms. The molecule has 0 aliphatic carbocycles. The summed E-state index contributed by atoms with van der Waals surface area (Å²) >= 11 is 5.70. The van der Waals surface area contributed by atoms with E-state index in [4.69, 9.17) is 11.6 Å². The second kappa shape index (κ2) is 5.75. The molecular weight excluding hydrogens is 293 g/mol. The topological polar surface area (TPSA) is 66.4 Å². The van der Waals surface area contributed by atoms with Gasteiger partial charge < -0.3 is 5.11 Å². The third-order valence-corrected chi connectivity index (χ3v) is 4.93. The molecule has 0 saturated carbocycles. The molecule has 0 radical (unpaired) electrons. The largest absolute Gasteiger partial charge is 0.389 e. The first-order valence-corrected chi connectivity index (χ1v) is 7.59. The van der Waals surface area contributed by atoms with Gasteiger partial charge >= 0.3 is 0 Å². The van der Waals surface area contributed by atoms with Crippen LogP contribution in [0.4, 0.5) is 4.39 Å². The highest BCUT2D eigenvalue weighted by atomic mass is 35.5. The molecule has 7 heteroatoms. The number of sulfonamides is 1. The summed E-state index contributed by atoms with van der Waals surface area (Å²) in [5, 5.41) is 9.80. The minimum Gasteiger partial charge on any atom is -0.389 e. The van der Waals surface area contributed by atoms with E-state index in [-0.39, 0.29) is 22.4 Å². The van der Waals surface area contributed by atoms with Crippen molar-refractivity contribution in [2.24, 2.45) is 5.92 Å². The Hall–Kier alpha value is -0.690. The van der Waals surface area contributed by atoms with Crippen LogP contribution in [0.1, 0.15) is 20.8 Å². The molecule has 1 rings (SSSR count). The number of halogens is 2. The fourth-order valence-electron chi connectivity index (χ4n) is 1.22. The van der Waals surface area contributed by atoms with Gasteiger partial charge in [0.15, 0.2) is 0 Å². The van der Waals surface area contributed by atoms with Crippen molar-refractivity contribution in [3.8, 4) is 0 Å². The lowest BCUT2D eigenvalue weighted by molar-refractivity contribution is 0.0190. The standard InChI is InChI=1S/C12H17ClFNO3S/c1-8(2)12(3,16)7-15-19(17,18)11-5-4-9(14)6-10(11)13/h4-6,8,15-16H,7H2,1-3H3. The molecule has 19 heavy (non-hydrogen) atoms. The van der Waals surface area contributed by atoms with Crippen molar-refractivity contribution < 1.29 is 17.9 Å². The highest BCUT2D eigenvalue weighted by Crippen LogP contribution is 2.23. The maximum absolute atomic E-state index is 12.9. The minimum absolute atomic E-state index is 0.126. The van der Waals surface area contributed by atoms with E-state index in [2.05, 4.69) is 4.72 Å². The lowest BCUT2D eigenvalue weighted by atomic mass is 9.93. The van der Waals surface area contributed by atoms with Crippen LogP contribution < -0.4 is 4.72 Å². The molecule has 108 valence electrons. The quantitative estimate of drug-likeness (QED) is 0.876. The Kier molecular flexibility index (Phi) is 4.95. The third kappa shape index (κ3) is 4.14. The number of rotatable bonds is 5. The Labute approximate surface area is 117 Å². The first kappa shape index (κ1) is 16.4. The van der Waals surface area contributed by atoms with Gasteiger partial charge in [-0.05, 0) is 31.0 Å². The number of benzene rings is 1. The summed E-state index contributed by atoms with van der Waals surface area (Å²) in [6, 6.07) is 3.03. The van der Waals surface area contributed by atoms with Crippen molar-refractivity contribution >= 4 is 21.6 Å². The van der Waals surface area contributed by atoms with Crippen molar-refractivity contribution in [2.75, 3.05) is 6.54 Å². The summed E-state index contributed by atoms with van der Waals surface area (Å²) in [6.45, 7) is 4.94. The fourth-order valence-corrected chi connectivity index (χ4v) is 2.89. The molecule has 0 aliphatic rings. The molecular formula is C12H17ClFNO3S. The van der Waals surface area contributed by atoms with E-state index in [1.807, 2.05) is 0 Å². The molecule has 0 aromatic heterocycles. The SMILES string of the molecule is CC(C)C(C)(O)CNS(=O)(=O)c1ccc(F)cc1Cl. The monoisotopic (exact) mass is 309 g/mol. The first-order valence-electron chi connectivity index (χ1n) is 5.73. The average Bonchev–Trinajstić information content (AvgIpc) is 2.26. The molecule has 0 amide bonds. The highest BCUT2D eigenvalue weighted by molar-refractivity contribution is 7.89. The molecule has 4 nitrogen and oxygen atoms in total. The number of hydrogen-bond acceptors (Lipinski definition) is 3. The van der Waals surface area contributed by atoms with Gasteiger partial charge in [0.25, 0.3) is 0 Å². The van der Waals surface area contributed by atoms with Crippen LogP contribution in [0, 0.1) is 11.7 Å². The Morgan fingerprint density at radius 1 is 1.47 bits per heavy atom. The predicted molar refractivity (Wildman–Crippen MR) is 72.1 cm³/mol. The van der Waals surface area contributed by atoms with Gasteiger partial charge in [-0.1, -0.05) is 25.4 Å². The maximum Gasteiger partial charge on any atom is 0.242 e. The van der Waals surface area contributed by atoms with Crippen LogP contribution in [0.3, 0.4) is 0 Å². The Bertz CT molecular complexity index is 558. The number of nitrogens with one attached hydrogen (secondary N) is 1. The van der Waals surface area contributed by atoms with Crippen molar-refractivity contribution in [1.82, 2.24) is 4.72 Å². The molecule has 0 fully saturated rings. The molecule has 1 aromatic rings.